The Bertz CT molecular complexity index is 815. The molecule has 0 spiro atoms. The van der Waals surface area contributed by atoms with Crippen molar-refractivity contribution in [2.75, 3.05) is 11.9 Å². The van der Waals surface area contributed by atoms with E-state index in [1.54, 1.807) is 30.3 Å². The van der Waals surface area contributed by atoms with E-state index < -0.39 is 18.5 Å². The summed E-state index contributed by atoms with van der Waals surface area (Å²) in [6.07, 6.45) is -0.0277. The maximum Gasteiger partial charge on any atom is 0.306 e. The smallest absolute Gasteiger partial charge is 0.306 e. The molecule has 2 aromatic carbocycles. The van der Waals surface area contributed by atoms with Crippen LogP contribution >= 0.6 is 11.6 Å². The number of halogens is 1. The Morgan fingerprint density at radius 2 is 1.65 bits per heavy atom. The number of amides is 1. The molecule has 5 nitrogen and oxygen atoms in total. The monoisotopic (exact) mass is 373 g/mol. The quantitative estimate of drug-likeness (QED) is 0.585. The Kier molecular flexibility index (Phi) is 6.92. The van der Waals surface area contributed by atoms with Gasteiger partial charge in [-0.1, -0.05) is 23.7 Å². The molecule has 0 bridgehead atoms. The molecule has 0 saturated carbocycles. The average Bonchev–Trinajstić information content (AvgIpc) is 2.62. The summed E-state index contributed by atoms with van der Waals surface area (Å²) in [5.74, 6) is -1.18. The summed E-state index contributed by atoms with van der Waals surface area (Å²) in [7, 11) is 0. The van der Waals surface area contributed by atoms with Gasteiger partial charge in [-0.2, -0.15) is 0 Å². The van der Waals surface area contributed by atoms with E-state index in [0.29, 0.717) is 16.3 Å². The number of nitrogens with one attached hydrogen (secondary N) is 1. The second kappa shape index (κ2) is 9.15. The number of carbonyl (C=O) groups is 3. The Labute approximate surface area is 157 Å². The van der Waals surface area contributed by atoms with Crippen molar-refractivity contribution in [2.24, 2.45) is 0 Å². The van der Waals surface area contributed by atoms with Gasteiger partial charge in [-0.05, 0) is 55.3 Å². The van der Waals surface area contributed by atoms with Crippen LogP contribution in [0.25, 0.3) is 0 Å². The molecule has 1 amide bonds. The van der Waals surface area contributed by atoms with Gasteiger partial charge in [0.2, 0.25) is 0 Å². The van der Waals surface area contributed by atoms with Crippen molar-refractivity contribution >= 4 is 34.9 Å². The molecule has 2 aromatic rings. The predicted octanol–water partition coefficient (Wildman–Crippen LogP) is 4.10. The van der Waals surface area contributed by atoms with Gasteiger partial charge >= 0.3 is 5.97 Å². The molecule has 0 aromatic heterocycles. The van der Waals surface area contributed by atoms with Crippen LogP contribution in [0.15, 0.2) is 42.5 Å². The highest BCUT2D eigenvalue weighted by Gasteiger charge is 2.12. The lowest BCUT2D eigenvalue weighted by Gasteiger charge is -2.07. The first-order chi connectivity index (χ1) is 12.3. The molecule has 0 unspecified atom stereocenters. The first kappa shape index (κ1) is 19.7. The highest BCUT2D eigenvalue weighted by Crippen LogP contribution is 2.14. The number of ketones is 1. The summed E-state index contributed by atoms with van der Waals surface area (Å²) < 4.78 is 4.90. The lowest BCUT2D eigenvalue weighted by Crippen LogP contribution is -2.21. The second-order valence-corrected chi connectivity index (χ2v) is 6.37. The number of ether oxygens (including phenoxy) is 1. The maximum atomic E-state index is 12.1. The molecule has 1 N–H and O–H groups in total. The molecule has 0 fully saturated rings. The van der Waals surface area contributed by atoms with Gasteiger partial charge in [-0.3, -0.25) is 14.4 Å². The van der Waals surface area contributed by atoms with Gasteiger partial charge in [-0.25, -0.2) is 0 Å². The number of esters is 1. The number of carbonyl (C=O) groups excluding carboxylic acids is 3. The summed E-state index contributed by atoms with van der Waals surface area (Å²) in [6.45, 7) is 3.50. The highest BCUT2D eigenvalue weighted by molar-refractivity contribution is 6.30. The first-order valence-electron chi connectivity index (χ1n) is 8.16. The SMILES string of the molecule is Cc1ccc(C(=O)CCC(=O)OCC(=O)Nc2ccc(Cl)cc2)cc1C. The minimum Gasteiger partial charge on any atom is -0.456 e. The summed E-state index contributed by atoms with van der Waals surface area (Å²) in [6, 6.07) is 12.0. The fourth-order valence-electron chi connectivity index (χ4n) is 2.22. The second-order valence-electron chi connectivity index (χ2n) is 5.94. The molecule has 0 aliphatic carbocycles. The van der Waals surface area contributed by atoms with Gasteiger partial charge in [-0.15, -0.1) is 0 Å². The van der Waals surface area contributed by atoms with Crippen molar-refractivity contribution in [1.82, 2.24) is 0 Å². The predicted molar refractivity (Wildman–Crippen MR) is 101 cm³/mol. The highest BCUT2D eigenvalue weighted by atomic mass is 35.5. The molecule has 26 heavy (non-hydrogen) atoms. The van der Waals surface area contributed by atoms with Gasteiger partial charge in [0.15, 0.2) is 12.4 Å². The summed E-state index contributed by atoms with van der Waals surface area (Å²) in [4.78, 5) is 35.6. The molecule has 0 radical (unpaired) electrons. The van der Waals surface area contributed by atoms with E-state index >= 15 is 0 Å². The number of hydrogen-bond acceptors (Lipinski definition) is 4. The van der Waals surface area contributed by atoms with E-state index in [1.165, 1.54) is 0 Å². The Balaban J connectivity index is 1.74. The number of rotatable bonds is 7. The molecule has 0 aliphatic heterocycles. The number of Topliss-reactive ketones (excluding diaryl/α,β-unsaturated/α-hetero) is 1. The third-order valence-electron chi connectivity index (χ3n) is 3.88. The molecular formula is C20H20ClNO4. The normalized spacial score (nSPS) is 10.3. The lowest BCUT2D eigenvalue weighted by molar-refractivity contribution is -0.147. The standard InChI is InChI=1S/C20H20ClNO4/c1-13-3-4-15(11-14(13)2)18(23)9-10-20(25)26-12-19(24)22-17-7-5-16(21)6-8-17/h3-8,11H,9-10,12H2,1-2H3,(H,22,24). The summed E-state index contributed by atoms with van der Waals surface area (Å²) >= 11 is 5.76. The van der Waals surface area contributed by atoms with Gasteiger partial charge in [0.05, 0.1) is 6.42 Å². The first-order valence-corrected chi connectivity index (χ1v) is 8.54. The fraction of sp³-hybridized carbons (Fsp3) is 0.250. The third kappa shape index (κ3) is 6.01. The number of anilines is 1. The van der Waals surface area contributed by atoms with Crippen molar-refractivity contribution in [3.63, 3.8) is 0 Å². The topological polar surface area (TPSA) is 72.5 Å². The Morgan fingerprint density at radius 3 is 2.31 bits per heavy atom. The molecule has 0 saturated heterocycles. The van der Waals surface area contributed by atoms with Crippen molar-refractivity contribution in [1.29, 1.82) is 0 Å². The Morgan fingerprint density at radius 1 is 0.962 bits per heavy atom. The van der Waals surface area contributed by atoms with Crippen molar-refractivity contribution < 1.29 is 19.1 Å². The van der Waals surface area contributed by atoms with E-state index in [4.69, 9.17) is 16.3 Å². The van der Waals surface area contributed by atoms with Gasteiger partial charge in [0, 0.05) is 22.7 Å². The zero-order valence-corrected chi connectivity index (χ0v) is 15.4. The van der Waals surface area contributed by atoms with Crippen molar-refractivity contribution in [3.8, 4) is 0 Å². The van der Waals surface area contributed by atoms with Gasteiger partial charge in [0.1, 0.15) is 0 Å². The van der Waals surface area contributed by atoms with Crippen LogP contribution in [-0.4, -0.2) is 24.3 Å². The summed E-state index contributed by atoms with van der Waals surface area (Å²) in [5, 5.41) is 3.14. The number of benzene rings is 2. The molecule has 0 heterocycles. The van der Waals surface area contributed by atoms with Crippen LogP contribution in [0.5, 0.6) is 0 Å². The number of hydrogen-bond donors (Lipinski definition) is 1. The van der Waals surface area contributed by atoms with E-state index in [0.717, 1.165) is 11.1 Å². The van der Waals surface area contributed by atoms with Crippen LogP contribution < -0.4 is 5.32 Å². The van der Waals surface area contributed by atoms with Crippen LogP contribution in [0.3, 0.4) is 0 Å². The molecular weight excluding hydrogens is 354 g/mol. The lowest BCUT2D eigenvalue weighted by atomic mass is 10.0. The van der Waals surface area contributed by atoms with Crippen LogP contribution in [0.1, 0.15) is 34.3 Å². The van der Waals surface area contributed by atoms with E-state index in [1.807, 2.05) is 26.0 Å². The minimum absolute atomic E-state index is 0.0418. The van der Waals surface area contributed by atoms with Crippen molar-refractivity contribution in [2.45, 2.75) is 26.7 Å². The number of aryl methyl sites for hydroxylation is 2. The molecule has 136 valence electrons. The van der Waals surface area contributed by atoms with E-state index in [9.17, 15) is 14.4 Å². The van der Waals surface area contributed by atoms with Gasteiger partial charge in [0.25, 0.3) is 5.91 Å². The van der Waals surface area contributed by atoms with Crippen LogP contribution in [0.4, 0.5) is 5.69 Å². The fourth-order valence-corrected chi connectivity index (χ4v) is 2.35. The zero-order chi connectivity index (χ0) is 19.1. The van der Waals surface area contributed by atoms with Crippen LogP contribution in [-0.2, 0) is 14.3 Å². The zero-order valence-electron chi connectivity index (χ0n) is 14.7. The Hall–Kier alpha value is -2.66. The van der Waals surface area contributed by atoms with Crippen LogP contribution in [0.2, 0.25) is 5.02 Å². The van der Waals surface area contributed by atoms with Crippen LogP contribution in [0, 0.1) is 13.8 Å². The average molecular weight is 374 g/mol. The molecule has 2 rings (SSSR count). The minimum atomic E-state index is -0.589. The molecule has 0 aliphatic rings. The largest absolute Gasteiger partial charge is 0.456 e. The van der Waals surface area contributed by atoms with Crippen molar-refractivity contribution in [3.05, 3.63) is 64.2 Å². The van der Waals surface area contributed by atoms with Gasteiger partial charge < -0.3 is 10.1 Å². The molecule has 0 atom stereocenters. The van der Waals surface area contributed by atoms with E-state index in [-0.39, 0.29) is 18.6 Å². The summed E-state index contributed by atoms with van der Waals surface area (Å²) in [5.41, 5.74) is 3.26. The maximum absolute atomic E-state index is 12.1. The van der Waals surface area contributed by atoms with E-state index in [2.05, 4.69) is 5.32 Å². The third-order valence-corrected chi connectivity index (χ3v) is 4.13. The molecule has 6 heteroatoms.